The van der Waals surface area contributed by atoms with Crippen molar-refractivity contribution in [3.8, 4) is 5.75 Å². The number of benzene rings is 1. The first-order valence-corrected chi connectivity index (χ1v) is 7.90. The van der Waals surface area contributed by atoms with Crippen LogP contribution in [0.4, 0.5) is 11.4 Å². The first kappa shape index (κ1) is 13.8. The first-order chi connectivity index (χ1) is 10.4. The minimum Gasteiger partial charge on any atom is -0.508 e. The van der Waals surface area contributed by atoms with E-state index >= 15 is 0 Å². The van der Waals surface area contributed by atoms with Crippen LogP contribution in [0.25, 0.3) is 0 Å². The Hall–Kier alpha value is -1.82. The van der Waals surface area contributed by atoms with Gasteiger partial charge in [0.15, 0.2) is 0 Å². The molecule has 1 N–H and O–H groups in total. The van der Waals surface area contributed by atoms with Gasteiger partial charge in [0, 0.05) is 25.6 Å². The van der Waals surface area contributed by atoms with Gasteiger partial charge in [-0.2, -0.15) is 0 Å². The van der Waals surface area contributed by atoms with Crippen molar-refractivity contribution in [1.82, 2.24) is 4.90 Å². The fourth-order valence-electron chi connectivity index (χ4n) is 4.47. The summed E-state index contributed by atoms with van der Waals surface area (Å²) in [6.07, 6.45) is 3.74. The number of phenolic OH excluding ortho intramolecular Hbond substituents is 1. The number of fused-ring (bicyclic) bond motifs is 3. The maximum atomic E-state index is 11.4. The number of nitrogens with zero attached hydrogens (tertiary/aromatic N) is 3. The number of nitro groups is 1. The van der Waals surface area contributed by atoms with Crippen molar-refractivity contribution in [2.24, 2.45) is 5.92 Å². The summed E-state index contributed by atoms with van der Waals surface area (Å²) in [7, 11) is 1.95. The molecule has 0 aromatic heterocycles. The molecule has 0 radical (unpaired) electrons. The summed E-state index contributed by atoms with van der Waals surface area (Å²) < 4.78 is 0. The topological polar surface area (TPSA) is 69.8 Å². The Morgan fingerprint density at radius 1 is 1.45 bits per heavy atom. The Bertz CT molecular complexity index is 658. The minimum absolute atomic E-state index is 0.0126. The predicted octanol–water partition coefficient (Wildman–Crippen LogP) is 2.45. The summed E-state index contributed by atoms with van der Waals surface area (Å²) in [5, 5.41) is 21.3. The Morgan fingerprint density at radius 2 is 2.18 bits per heavy atom. The van der Waals surface area contributed by atoms with Crippen molar-refractivity contribution >= 4 is 11.4 Å². The van der Waals surface area contributed by atoms with E-state index in [0.717, 1.165) is 31.0 Å². The molecule has 0 amide bonds. The Kier molecular flexibility index (Phi) is 2.73. The molecule has 0 bridgehead atoms. The van der Waals surface area contributed by atoms with Crippen LogP contribution in [0.3, 0.4) is 0 Å². The van der Waals surface area contributed by atoms with Gasteiger partial charge in [0.1, 0.15) is 11.4 Å². The molecule has 0 spiro atoms. The number of likely N-dealkylation sites (N-methyl/N-ethyl adjacent to an activating group) is 1. The van der Waals surface area contributed by atoms with Crippen LogP contribution in [-0.4, -0.2) is 41.2 Å². The average molecular weight is 303 g/mol. The van der Waals surface area contributed by atoms with Gasteiger partial charge in [0.2, 0.25) is 0 Å². The summed E-state index contributed by atoms with van der Waals surface area (Å²) in [6.45, 7) is 4.28. The minimum atomic E-state index is -0.384. The second-order valence-electron chi connectivity index (χ2n) is 7.21. The number of hydrogen-bond donors (Lipinski definition) is 1. The van der Waals surface area contributed by atoms with Crippen LogP contribution in [-0.2, 0) is 5.41 Å². The molecule has 1 unspecified atom stereocenters. The predicted molar refractivity (Wildman–Crippen MR) is 83.2 cm³/mol. The van der Waals surface area contributed by atoms with E-state index in [9.17, 15) is 15.2 Å². The monoisotopic (exact) mass is 303 g/mol. The van der Waals surface area contributed by atoms with Crippen LogP contribution < -0.4 is 4.90 Å². The molecule has 2 atom stereocenters. The van der Waals surface area contributed by atoms with Crippen LogP contribution in [0.2, 0.25) is 0 Å². The van der Waals surface area contributed by atoms with Crippen molar-refractivity contribution in [2.75, 3.05) is 25.0 Å². The first-order valence-electron chi connectivity index (χ1n) is 7.90. The zero-order valence-corrected chi connectivity index (χ0v) is 13.0. The van der Waals surface area contributed by atoms with Crippen molar-refractivity contribution in [3.05, 3.63) is 27.8 Å². The van der Waals surface area contributed by atoms with Gasteiger partial charge in [0.05, 0.1) is 17.2 Å². The van der Waals surface area contributed by atoms with E-state index in [4.69, 9.17) is 0 Å². The molecule has 118 valence electrons. The molecule has 1 aliphatic carbocycles. The molecule has 1 aromatic rings. The van der Waals surface area contributed by atoms with E-state index < -0.39 is 0 Å². The van der Waals surface area contributed by atoms with Crippen molar-refractivity contribution < 1.29 is 10.0 Å². The lowest BCUT2D eigenvalue weighted by atomic mass is 9.81. The van der Waals surface area contributed by atoms with Crippen molar-refractivity contribution in [1.29, 1.82) is 0 Å². The van der Waals surface area contributed by atoms with Gasteiger partial charge >= 0.3 is 0 Å². The third kappa shape index (κ3) is 1.76. The smallest absolute Gasteiger partial charge is 0.296 e. The van der Waals surface area contributed by atoms with Gasteiger partial charge in [-0.05, 0) is 36.8 Å². The van der Waals surface area contributed by atoms with Crippen LogP contribution in [0, 0.1) is 16.0 Å². The fraction of sp³-hybridized carbons (Fsp3) is 0.625. The molecule has 1 saturated carbocycles. The Morgan fingerprint density at radius 3 is 2.82 bits per heavy atom. The molecule has 2 aliphatic heterocycles. The molecular weight excluding hydrogens is 282 g/mol. The highest BCUT2D eigenvalue weighted by Crippen LogP contribution is 2.55. The molecule has 6 heteroatoms. The number of nitro benzene ring substituents is 1. The number of likely N-dealkylation sites (tertiary alicyclic amines) is 1. The Balaban J connectivity index is 1.81. The highest BCUT2D eigenvalue weighted by atomic mass is 16.6. The lowest BCUT2D eigenvalue weighted by molar-refractivity contribution is -0.384. The number of phenols is 1. The summed E-state index contributed by atoms with van der Waals surface area (Å²) in [5.74, 6) is 0.782. The largest absolute Gasteiger partial charge is 0.508 e. The third-order valence-electron chi connectivity index (χ3n) is 5.63. The molecule has 2 heterocycles. The lowest BCUT2D eigenvalue weighted by Crippen LogP contribution is -2.47. The number of aromatic hydroxyl groups is 1. The van der Waals surface area contributed by atoms with Crippen LogP contribution >= 0.6 is 0 Å². The van der Waals surface area contributed by atoms with Crippen LogP contribution in [0.5, 0.6) is 5.75 Å². The number of rotatable bonds is 3. The second kappa shape index (κ2) is 4.35. The molecular formula is C16H21N3O3. The molecule has 4 rings (SSSR count). The number of hydrogen-bond acceptors (Lipinski definition) is 5. The second-order valence-corrected chi connectivity index (χ2v) is 7.21. The van der Waals surface area contributed by atoms with E-state index in [1.54, 1.807) is 6.07 Å². The quantitative estimate of drug-likeness (QED) is 0.686. The van der Waals surface area contributed by atoms with Gasteiger partial charge in [-0.15, -0.1) is 0 Å². The van der Waals surface area contributed by atoms with Gasteiger partial charge in [-0.3, -0.25) is 15.0 Å². The maximum Gasteiger partial charge on any atom is 0.296 e. The zero-order chi connectivity index (χ0) is 15.6. The van der Waals surface area contributed by atoms with E-state index in [0.29, 0.717) is 5.69 Å². The third-order valence-corrected chi connectivity index (χ3v) is 5.63. The van der Waals surface area contributed by atoms with Crippen molar-refractivity contribution in [3.63, 3.8) is 0 Å². The summed E-state index contributed by atoms with van der Waals surface area (Å²) in [4.78, 5) is 15.6. The van der Waals surface area contributed by atoms with Gasteiger partial charge in [-0.1, -0.05) is 6.92 Å². The van der Waals surface area contributed by atoms with Crippen molar-refractivity contribution in [2.45, 2.75) is 37.8 Å². The van der Waals surface area contributed by atoms with Gasteiger partial charge in [-0.25, -0.2) is 0 Å². The SMILES string of the molecule is CN1c2c([N+](=O)[O-])cc(O)cc2[C@]2(C)CCN(CC3CC3)C12. The van der Waals surface area contributed by atoms with Gasteiger partial charge in [0.25, 0.3) is 5.69 Å². The maximum absolute atomic E-state index is 11.4. The van der Waals surface area contributed by atoms with E-state index in [-0.39, 0.29) is 27.9 Å². The summed E-state index contributed by atoms with van der Waals surface area (Å²) in [6, 6.07) is 2.99. The van der Waals surface area contributed by atoms with Crippen LogP contribution in [0.1, 0.15) is 31.7 Å². The highest BCUT2D eigenvalue weighted by molar-refractivity contribution is 5.76. The zero-order valence-electron chi connectivity index (χ0n) is 13.0. The molecule has 1 saturated heterocycles. The Labute approximate surface area is 129 Å². The molecule has 1 aromatic carbocycles. The van der Waals surface area contributed by atoms with E-state index in [1.807, 2.05) is 7.05 Å². The summed E-state index contributed by atoms with van der Waals surface area (Å²) in [5.41, 5.74) is 1.46. The molecule has 3 aliphatic rings. The standard InChI is InChI=1S/C16H21N3O3/c1-16-5-6-18(9-10-3-4-10)15(16)17(2)14-12(16)7-11(20)8-13(14)19(21)22/h7-8,10,15,20H,3-6,9H2,1-2H3/t15?,16-/m0/s1. The molecule has 22 heavy (non-hydrogen) atoms. The van der Waals surface area contributed by atoms with E-state index in [1.165, 1.54) is 18.9 Å². The molecule has 2 fully saturated rings. The summed E-state index contributed by atoms with van der Waals surface area (Å²) >= 11 is 0. The normalized spacial score (nSPS) is 30.5. The highest BCUT2D eigenvalue weighted by Gasteiger charge is 2.56. The van der Waals surface area contributed by atoms with E-state index in [2.05, 4.69) is 16.7 Å². The average Bonchev–Trinajstić information content (AvgIpc) is 3.16. The van der Waals surface area contributed by atoms with Crippen LogP contribution in [0.15, 0.2) is 12.1 Å². The molecule has 6 nitrogen and oxygen atoms in total. The van der Waals surface area contributed by atoms with Gasteiger partial charge < -0.3 is 10.0 Å². The number of anilines is 1. The fourth-order valence-corrected chi connectivity index (χ4v) is 4.47. The lowest BCUT2D eigenvalue weighted by Gasteiger charge is -2.34.